The molecule has 2 atom stereocenters. The predicted molar refractivity (Wildman–Crippen MR) is 110 cm³/mol. The summed E-state index contributed by atoms with van der Waals surface area (Å²) in [6.07, 6.45) is 6.67. The Balaban J connectivity index is 1.51. The van der Waals surface area contributed by atoms with Gasteiger partial charge in [-0.15, -0.1) is 0 Å². The fourth-order valence-electron chi connectivity index (χ4n) is 4.37. The highest BCUT2D eigenvalue weighted by Gasteiger charge is 2.30. The SMILES string of the molecule is CN=C(NCC(c1ccc(F)cc1)N(C)C)NC1CCN(C2CCCC2)C1. The fraction of sp³-hybridized carbons (Fsp3) is 0.667. The molecule has 2 N–H and O–H groups in total. The van der Waals surface area contributed by atoms with Crippen LogP contribution in [0.3, 0.4) is 0 Å². The van der Waals surface area contributed by atoms with E-state index in [4.69, 9.17) is 0 Å². The highest BCUT2D eigenvalue weighted by atomic mass is 19.1. The van der Waals surface area contributed by atoms with Crippen molar-refractivity contribution in [3.8, 4) is 0 Å². The maximum Gasteiger partial charge on any atom is 0.191 e. The van der Waals surface area contributed by atoms with E-state index in [0.717, 1.165) is 30.7 Å². The Morgan fingerprint density at radius 1 is 1.22 bits per heavy atom. The summed E-state index contributed by atoms with van der Waals surface area (Å²) < 4.78 is 13.2. The van der Waals surface area contributed by atoms with Gasteiger partial charge in [-0.25, -0.2) is 4.39 Å². The molecule has 0 bridgehead atoms. The van der Waals surface area contributed by atoms with Crippen molar-refractivity contribution in [2.24, 2.45) is 4.99 Å². The number of aliphatic imine (C=N–C) groups is 1. The topological polar surface area (TPSA) is 42.9 Å². The normalized spacial score (nSPS) is 23.1. The molecule has 1 heterocycles. The highest BCUT2D eigenvalue weighted by molar-refractivity contribution is 5.80. The third-order valence-electron chi connectivity index (χ3n) is 5.97. The lowest BCUT2D eigenvalue weighted by Gasteiger charge is -2.27. The van der Waals surface area contributed by atoms with Crippen LogP contribution in [0.2, 0.25) is 0 Å². The van der Waals surface area contributed by atoms with E-state index in [-0.39, 0.29) is 11.9 Å². The maximum atomic E-state index is 13.2. The van der Waals surface area contributed by atoms with Gasteiger partial charge in [-0.2, -0.15) is 0 Å². The van der Waals surface area contributed by atoms with E-state index in [1.54, 1.807) is 0 Å². The maximum absolute atomic E-state index is 13.2. The van der Waals surface area contributed by atoms with Crippen LogP contribution < -0.4 is 10.6 Å². The van der Waals surface area contributed by atoms with E-state index in [0.29, 0.717) is 6.04 Å². The van der Waals surface area contributed by atoms with Crippen molar-refractivity contribution in [3.05, 3.63) is 35.6 Å². The number of rotatable bonds is 6. The van der Waals surface area contributed by atoms with Crippen LogP contribution in [0.5, 0.6) is 0 Å². The Morgan fingerprint density at radius 2 is 1.93 bits per heavy atom. The third-order valence-corrected chi connectivity index (χ3v) is 5.97. The largest absolute Gasteiger partial charge is 0.354 e. The molecule has 150 valence electrons. The van der Waals surface area contributed by atoms with Gasteiger partial charge in [0.1, 0.15) is 5.82 Å². The summed E-state index contributed by atoms with van der Waals surface area (Å²) >= 11 is 0. The zero-order valence-electron chi connectivity index (χ0n) is 16.9. The summed E-state index contributed by atoms with van der Waals surface area (Å²) in [5, 5.41) is 7.05. The Kier molecular flexibility index (Phi) is 7.07. The minimum atomic E-state index is -0.199. The van der Waals surface area contributed by atoms with Gasteiger partial charge in [0.25, 0.3) is 0 Å². The van der Waals surface area contributed by atoms with Crippen LogP contribution in [0.15, 0.2) is 29.3 Å². The predicted octanol–water partition coefficient (Wildman–Crippen LogP) is 2.61. The van der Waals surface area contributed by atoms with Gasteiger partial charge < -0.3 is 15.5 Å². The van der Waals surface area contributed by atoms with Crippen LogP contribution in [0.25, 0.3) is 0 Å². The van der Waals surface area contributed by atoms with Crippen LogP contribution in [-0.2, 0) is 0 Å². The molecule has 1 aliphatic carbocycles. The Bertz CT molecular complexity index is 610. The van der Waals surface area contributed by atoms with Crippen LogP contribution in [0, 0.1) is 5.82 Å². The van der Waals surface area contributed by atoms with Gasteiger partial charge in [0.05, 0.1) is 6.04 Å². The number of nitrogens with zero attached hydrogens (tertiary/aromatic N) is 3. The lowest BCUT2D eigenvalue weighted by atomic mass is 10.1. The second-order valence-corrected chi connectivity index (χ2v) is 8.05. The molecular formula is C21H34FN5. The van der Waals surface area contributed by atoms with Crippen molar-refractivity contribution < 1.29 is 4.39 Å². The number of nitrogens with one attached hydrogen (secondary N) is 2. The number of hydrogen-bond donors (Lipinski definition) is 2. The molecule has 5 nitrogen and oxygen atoms in total. The zero-order valence-corrected chi connectivity index (χ0v) is 16.9. The summed E-state index contributed by atoms with van der Waals surface area (Å²) in [6, 6.07) is 8.17. The fourth-order valence-corrected chi connectivity index (χ4v) is 4.37. The van der Waals surface area contributed by atoms with Crippen molar-refractivity contribution in [2.45, 2.75) is 50.2 Å². The van der Waals surface area contributed by atoms with Crippen LogP contribution in [-0.4, -0.2) is 68.6 Å². The molecule has 1 saturated carbocycles. The lowest BCUT2D eigenvalue weighted by molar-refractivity contribution is 0.242. The molecule has 1 saturated heterocycles. The zero-order chi connectivity index (χ0) is 19.2. The van der Waals surface area contributed by atoms with E-state index >= 15 is 0 Å². The lowest BCUT2D eigenvalue weighted by Crippen LogP contribution is -2.47. The number of likely N-dealkylation sites (N-methyl/N-ethyl adjacent to an activating group) is 1. The third kappa shape index (κ3) is 5.42. The molecule has 2 unspecified atom stereocenters. The minimum absolute atomic E-state index is 0.155. The van der Waals surface area contributed by atoms with Crippen LogP contribution >= 0.6 is 0 Å². The van der Waals surface area contributed by atoms with Crippen LogP contribution in [0.4, 0.5) is 4.39 Å². The first kappa shape index (κ1) is 20.1. The first-order valence-electron chi connectivity index (χ1n) is 10.2. The van der Waals surface area contributed by atoms with Gasteiger partial charge in [0.2, 0.25) is 0 Å². The Morgan fingerprint density at radius 3 is 2.56 bits per heavy atom. The van der Waals surface area contributed by atoms with Crippen molar-refractivity contribution in [2.75, 3.05) is 40.8 Å². The summed E-state index contributed by atoms with van der Waals surface area (Å²) in [4.78, 5) is 9.21. The van der Waals surface area contributed by atoms with Crippen molar-refractivity contribution in [1.29, 1.82) is 0 Å². The Labute approximate surface area is 163 Å². The van der Waals surface area contributed by atoms with Gasteiger partial charge in [-0.05, 0) is 51.1 Å². The number of likely N-dealkylation sites (tertiary alicyclic amines) is 1. The molecule has 6 heteroatoms. The molecule has 2 aliphatic rings. The molecule has 0 amide bonds. The van der Waals surface area contributed by atoms with E-state index in [1.807, 2.05) is 33.3 Å². The summed E-state index contributed by atoms with van der Waals surface area (Å²) in [5.41, 5.74) is 1.10. The molecule has 3 rings (SSSR count). The summed E-state index contributed by atoms with van der Waals surface area (Å²) in [6.45, 7) is 3.02. The number of benzene rings is 1. The molecule has 1 aromatic rings. The molecule has 2 fully saturated rings. The highest BCUT2D eigenvalue weighted by Crippen LogP contribution is 2.26. The van der Waals surface area contributed by atoms with Crippen molar-refractivity contribution in [3.63, 3.8) is 0 Å². The average molecular weight is 376 g/mol. The van der Waals surface area contributed by atoms with Crippen molar-refractivity contribution >= 4 is 5.96 Å². The summed E-state index contributed by atoms with van der Waals surface area (Å²) in [5.74, 6) is 0.650. The number of halogens is 1. The van der Waals surface area contributed by atoms with E-state index in [1.165, 1.54) is 50.8 Å². The van der Waals surface area contributed by atoms with Gasteiger partial charge in [0.15, 0.2) is 5.96 Å². The first-order chi connectivity index (χ1) is 13.1. The van der Waals surface area contributed by atoms with Crippen LogP contribution in [0.1, 0.15) is 43.7 Å². The molecule has 0 radical (unpaired) electrons. The quantitative estimate of drug-likeness (QED) is 0.593. The van der Waals surface area contributed by atoms with Gasteiger partial charge >= 0.3 is 0 Å². The molecule has 0 spiro atoms. The van der Waals surface area contributed by atoms with Gasteiger partial charge in [0, 0.05) is 38.8 Å². The van der Waals surface area contributed by atoms with Crippen molar-refractivity contribution in [1.82, 2.24) is 20.4 Å². The van der Waals surface area contributed by atoms with Gasteiger partial charge in [-0.1, -0.05) is 25.0 Å². The van der Waals surface area contributed by atoms with E-state index in [9.17, 15) is 4.39 Å². The van der Waals surface area contributed by atoms with Gasteiger partial charge in [-0.3, -0.25) is 9.89 Å². The average Bonchev–Trinajstić information content (AvgIpc) is 3.33. The Hall–Kier alpha value is -1.66. The summed E-state index contributed by atoms with van der Waals surface area (Å²) in [7, 11) is 5.91. The second kappa shape index (κ2) is 9.51. The second-order valence-electron chi connectivity index (χ2n) is 8.05. The molecule has 1 aliphatic heterocycles. The monoisotopic (exact) mass is 375 g/mol. The standard InChI is InChI=1S/C21H34FN5/c1-23-21(25-18-12-13-27(15-18)19-6-4-5-7-19)24-14-20(26(2)3)16-8-10-17(22)11-9-16/h8-11,18-20H,4-7,12-15H2,1-3H3,(H2,23,24,25). The minimum Gasteiger partial charge on any atom is -0.354 e. The molecule has 0 aromatic heterocycles. The van der Waals surface area contributed by atoms with E-state index in [2.05, 4.69) is 25.4 Å². The number of guanidine groups is 1. The molecule has 27 heavy (non-hydrogen) atoms. The molecule has 1 aromatic carbocycles. The number of hydrogen-bond acceptors (Lipinski definition) is 3. The van der Waals surface area contributed by atoms with E-state index < -0.39 is 0 Å². The smallest absolute Gasteiger partial charge is 0.191 e. The first-order valence-corrected chi connectivity index (χ1v) is 10.2. The molecular weight excluding hydrogens is 341 g/mol.